The van der Waals surface area contributed by atoms with Crippen molar-refractivity contribution in [2.75, 3.05) is 7.11 Å². The molecule has 0 bridgehead atoms. The van der Waals surface area contributed by atoms with Crippen molar-refractivity contribution in [1.82, 2.24) is 4.98 Å². The number of ether oxygens (including phenoxy) is 1. The maximum absolute atomic E-state index is 12.5. The molecule has 0 unspecified atom stereocenters. The van der Waals surface area contributed by atoms with Crippen molar-refractivity contribution >= 4 is 5.97 Å². The molecule has 0 atom stereocenters. The molecule has 0 aliphatic carbocycles. The van der Waals surface area contributed by atoms with E-state index in [9.17, 15) is 18.7 Å². The Balaban J connectivity index is 3.42. The molecule has 0 spiro atoms. The number of nitrogens with two attached hydrogens (primary N) is 1. The molecular formula is C9H10F2N2O3. The highest BCUT2D eigenvalue weighted by molar-refractivity contribution is 5.94. The molecule has 1 heterocycles. The van der Waals surface area contributed by atoms with Gasteiger partial charge in [0.2, 0.25) is 0 Å². The van der Waals surface area contributed by atoms with Crippen LogP contribution in [-0.4, -0.2) is 23.2 Å². The van der Waals surface area contributed by atoms with Crippen LogP contribution in [0, 0.1) is 0 Å². The molecule has 0 aliphatic heterocycles. The van der Waals surface area contributed by atoms with Crippen molar-refractivity contribution in [3.8, 4) is 5.75 Å². The zero-order chi connectivity index (χ0) is 12.3. The van der Waals surface area contributed by atoms with Gasteiger partial charge in [-0.15, -0.1) is 0 Å². The molecule has 3 N–H and O–H groups in total. The SMILES string of the molecule is COC(=O)c1c(C(F)F)cnc(CN)c1O. The standard InChI is InChI=1S/C9H10F2N2O3/c1-16-9(15)6-4(8(10)11)3-13-5(2-12)7(6)14/h3,8,14H,2,12H2,1H3. The Labute approximate surface area is 89.9 Å². The van der Waals surface area contributed by atoms with Crippen LogP contribution in [0.4, 0.5) is 8.78 Å². The van der Waals surface area contributed by atoms with E-state index in [-0.39, 0.29) is 12.2 Å². The van der Waals surface area contributed by atoms with Crippen LogP contribution in [0.3, 0.4) is 0 Å². The van der Waals surface area contributed by atoms with Crippen LogP contribution in [-0.2, 0) is 11.3 Å². The molecule has 0 fully saturated rings. The number of methoxy groups -OCH3 is 1. The number of esters is 1. The Kier molecular flexibility index (Phi) is 3.73. The molecule has 0 saturated heterocycles. The van der Waals surface area contributed by atoms with Crippen LogP contribution in [0.25, 0.3) is 0 Å². The fourth-order valence-corrected chi connectivity index (χ4v) is 1.19. The summed E-state index contributed by atoms with van der Waals surface area (Å²) in [5, 5.41) is 9.54. The maximum Gasteiger partial charge on any atom is 0.342 e. The highest BCUT2D eigenvalue weighted by Crippen LogP contribution is 2.30. The third-order valence-electron chi connectivity index (χ3n) is 1.98. The van der Waals surface area contributed by atoms with Gasteiger partial charge in [-0.2, -0.15) is 0 Å². The number of pyridine rings is 1. The number of rotatable bonds is 3. The second-order valence-electron chi connectivity index (χ2n) is 2.88. The average molecular weight is 232 g/mol. The van der Waals surface area contributed by atoms with Gasteiger partial charge < -0.3 is 15.6 Å². The van der Waals surface area contributed by atoms with E-state index in [1.54, 1.807) is 0 Å². The summed E-state index contributed by atoms with van der Waals surface area (Å²) in [6.07, 6.45) is -2.13. The van der Waals surface area contributed by atoms with Gasteiger partial charge in [-0.1, -0.05) is 0 Å². The smallest absolute Gasteiger partial charge is 0.342 e. The van der Waals surface area contributed by atoms with Gasteiger partial charge in [-0.3, -0.25) is 4.98 Å². The molecule has 1 aromatic heterocycles. The van der Waals surface area contributed by atoms with E-state index in [1.807, 2.05) is 0 Å². The van der Waals surface area contributed by atoms with Crippen LogP contribution in [0.2, 0.25) is 0 Å². The lowest BCUT2D eigenvalue weighted by Crippen LogP contribution is -2.11. The fourth-order valence-electron chi connectivity index (χ4n) is 1.19. The van der Waals surface area contributed by atoms with Gasteiger partial charge in [0.15, 0.2) is 5.75 Å². The maximum atomic E-state index is 12.5. The van der Waals surface area contributed by atoms with Crippen molar-refractivity contribution in [3.63, 3.8) is 0 Å². The highest BCUT2D eigenvalue weighted by Gasteiger charge is 2.25. The molecule has 1 rings (SSSR count). The van der Waals surface area contributed by atoms with Crippen molar-refractivity contribution in [1.29, 1.82) is 0 Å². The van der Waals surface area contributed by atoms with E-state index in [2.05, 4.69) is 9.72 Å². The average Bonchev–Trinajstić information content (AvgIpc) is 2.27. The second kappa shape index (κ2) is 4.84. The Morgan fingerprint density at radius 3 is 2.75 bits per heavy atom. The summed E-state index contributed by atoms with van der Waals surface area (Å²) in [7, 11) is 1.03. The molecule has 88 valence electrons. The zero-order valence-electron chi connectivity index (χ0n) is 8.41. The third-order valence-corrected chi connectivity index (χ3v) is 1.98. The summed E-state index contributed by atoms with van der Waals surface area (Å²) in [4.78, 5) is 14.8. The molecule has 16 heavy (non-hydrogen) atoms. The number of carbonyl (C=O) groups is 1. The van der Waals surface area contributed by atoms with Crippen molar-refractivity contribution in [2.24, 2.45) is 5.73 Å². The van der Waals surface area contributed by atoms with Gasteiger partial charge in [0, 0.05) is 12.7 Å². The summed E-state index contributed by atoms with van der Waals surface area (Å²) in [5.41, 5.74) is 3.92. The van der Waals surface area contributed by atoms with E-state index >= 15 is 0 Å². The summed E-state index contributed by atoms with van der Waals surface area (Å²) in [6, 6.07) is 0. The van der Waals surface area contributed by atoms with E-state index in [4.69, 9.17) is 5.73 Å². The molecule has 7 heteroatoms. The van der Waals surface area contributed by atoms with Crippen LogP contribution >= 0.6 is 0 Å². The fraction of sp³-hybridized carbons (Fsp3) is 0.333. The Hall–Kier alpha value is -1.76. The first-order valence-corrected chi connectivity index (χ1v) is 4.30. The molecular weight excluding hydrogens is 222 g/mol. The van der Waals surface area contributed by atoms with E-state index in [0.29, 0.717) is 0 Å². The second-order valence-corrected chi connectivity index (χ2v) is 2.88. The van der Waals surface area contributed by atoms with Crippen LogP contribution in [0.5, 0.6) is 5.75 Å². The predicted octanol–water partition coefficient (Wildman–Crippen LogP) is 0.970. The molecule has 5 nitrogen and oxygen atoms in total. The first-order chi connectivity index (χ1) is 7.52. The van der Waals surface area contributed by atoms with E-state index in [0.717, 1.165) is 13.3 Å². The number of aromatic nitrogens is 1. The minimum absolute atomic E-state index is 0.0372. The lowest BCUT2D eigenvalue weighted by molar-refractivity contribution is 0.0584. The number of nitrogens with zero attached hydrogens (tertiary/aromatic N) is 1. The summed E-state index contributed by atoms with van der Waals surface area (Å²) in [5.74, 6) is -1.71. The van der Waals surface area contributed by atoms with Crippen LogP contribution in [0.1, 0.15) is 28.0 Å². The van der Waals surface area contributed by atoms with E-state index in [1.165, 1.54) is 0 Å². The Morgan fingerprint density at radius 2 is 2.31 bits per heavy atom. The zero-order valence-corrected chi connectivity index (χ0v) is 8.41. The van der Waals surface area contributed by atoms with Crippen LogP contribution < -0.4 is 5.73 Å². The number of alkyl halides is 2. The Morgan fingerprint density at radius 1 is 1.69 bits per heavy atom. The van der Waals surface area contributed by atoms with Crippen LogP contribution in [0.15, 0.2) is 6.20 Å². The number of carbonyl (C=O) groups excluding carboxylic acids is 1. The van der Waals surface area contributed by atoms with E-state index < -0.39 is 29.3 Å². The number of hydrogen-bond donors (Lipinski definition) is 2. The first kappa shape index (κ1) is 12.3. The monoisotopic (exact) mass is 232 g/mol. The molecule has 0 saturated carbocycles. The molecule has 1 aromatic rings. The van der Waals surface area contributed by atoms with Gasteiger partial charge in [-0.05, 0) is 0 Å². The topological polar surface area (TPSA) is 85.4 Å². The first-order valence-electron chi connectivity index (χ1n) is 4.30. The summed E-state index contributed by atoms with van der Waals surface area (Å²) < 4.78 is 29.4. The molecule has 0 aromatic carbocycles. The van der Waals surface area contributed by atoms with Crippen molar-refractivity contribution < 1.29 is 23.4 Å². The minimum atomic E-state index is -2.93. The molecule has 0 radical (unpaired) electrons. The lowest BCUT2D eigenvalue weighted by Gasteiger charge is -2.10. The Bertz CT molecular complexity index is 410. The van der Waals surface area contributed by atoms with Gasteiger partial charge >= 0.3 is 5.97 Å². The van der Waals surface area contributed by atoms with Crippen molar-refractivity contribution in [3.05, 3.63) is 23.0 Å². The lowest BCUT2D eigenvalue weighted by atomic mass is 10.1. The highest BCUT2D eigenvalue weighted by atomic mass is 19.3. The van der Waals surface area contributed by atoms with Crippen molar-refractivity contribution in [2.45, 2.75) is 13.0 Å². The number of halogens is 2. The molecule has 0 aliphatic rings. The largest absolute Gasteiger partial charge is 0.505 e. The number of hydrogen-bond acceptors (Lipinski definition) is 5. The van der Waals surface area contributed by atoms with Gasteiger partial charge in [0.1, 0.15) is 5.56 Å². The minimum Gasteiger partial charge on any atom is -0.505 e. The predicted molar refractivity (Wildman–Crippen MR) is 50.1 cm³/mol. The number of aromatic hydroxyl groups is 1. The van der Waals surface area contributed by atoms with Gasteiger partial charge in [0.05, 0.1) is 18.4 Å². The normalized spacial score (nSPS) is 10.6. The van der Waals surface area contributed by atoms with Gasteiger partial charge in [-0.25, -0.2) is 13.6 Å². The summed E-state index contributed by atoms with van der Waals surface area (Å²) >= 11 is 0. The third kappa shape index (κ3) is 2.08. The quantitative estimate of drug-likeness (QED) is 0.758. The molecule has 0 amide bonds. The summed E-state index contributed by atoms with van der Waals surface area (Å²) in [6.45, 7) is -0.167. The van der Waals surface area contributed by atoms with Gasteiger partial charge in [0.25, 0.3) is 6.43 Å².